The first-order valence-corrected chi connectivity index (χ1v) is 10.7. The highest BCUT2D eigenvalue weighted by Crippen LogP contribution is 2.10. The van der Waals surface area contributed by atoms with Crippen LogP contribution in [0.25, 0.3) is 0 Å². The van der Waals surface area contributed by atoms with Crippen LogP contribution in [0, 0.1) is 5.82 Å². The van der Waals surface area contributed by atoms with E-state index in [0.29, 0.717) is 25.7 Å². The largest absolute Gasteiger partial charge is 0.383 e. The van der Waals surface area contributed by atoms with Crippen molar-refractivity contribution in [1.82, 2.24) is 15.4 Å². The summed E-state index contributed by atoms with van der Waals surface area (Å²) in [5.74, 6) is 0.383. The lowest BCUT2D eigenvalue weighted by Gasteiger charge is -2.12. The predicted octanol–water partition coefficient (Wildman–Crippen LogP) is 2.28. The third kappa shape index (κ3) is 8.94. The van der Waals surface area contributed by atoms with E-state index in [0.717, 1.165) is 17.5 Å². The molecule has 0 fully saturated rings. The van der Waals surface area contributed by atoms with Crippen LogP contribution in [0.1, 0.15) is 11.1 Å². The minimum Gasteiger partial charge on any atom is -0.383 e. The highest BCUT2D eigenvalue weighted by molar-refractivity contribution is 14.0. The number of methoxy groups -OCH3 is 1. The van der Waals surface area contributed by atoms with E-state index in [2.05, 4.69) is 20.3 Å². The second kappa shape index (κ2) is 13.5. The first-order valence-electron chi connectivity index (χ1n) is 9.21. The topological polar surface area (TPSA) is 91.8 Å². The van der Waals surface area contributed by atoms with E-state index in [4.69, 9.17) is 4.74 Å². The molecule has 0 aromatic heterocycles. The second-order valence-corrected chi connectivity index (χ2v) is 8.03. The van der Waals surface area contributed by atoms with Crippen molar-refractivity contribution in [3.63, 3.8) is 0 Å². The fourth-order valence-corrected chi connectivity index (χ4v) is 3.54. The molecular formula is C20H28FIN4O3S. The maximum atomic E-state index is 12.9. The van der Waals surface area contributed by atoms with E-state index in [1.165, 1.54) is 19.2 Å². The number of sulfonamides is 1. The van der Waals surface area contributed by atoms with Crippen LogP contribution >= 0.6 is 24.0 Å². The van der Waals surface area contributed by atoms with Gasteiger partial charge in [0, 0.05) is 33.8 Å². The Morgan fingerprint density at radius 3 is 2.23 bits per heavy atom. The van der Waals surface area contributed by atoms with Gasteiger partial charge in [0.25, 0.3) is 0 Å². The smallest absolute Gasteiger partial charge is 0.240 e. The van der Waals surface area contributed by atoms with Crippen molar-refractivity contribution >= 4 is 40.0 Å². The van der Waals surface area contributed by atoms with Crippen LogP contribution in [0.3, 0.4) is 0 Å². The average molecular weight is 550 g/mol. The summed E-state index contributed by atoms with van der Waals surface area (Å²) in [7, 11) is -0.346. The van der Waals surface area contributed by atoms with Gasteiger partial charge in [-0.2, -0.15) is 0 Å². The number of nitrogens with zero attached hydrogens (tertiary/aromatic N) is 1. The van der Waals surface area contributed by atoms with E-state index in [1.807, 2.05) is 0 Å². The predicted molar refractivity (Wildman–Crippen MR) is 127 cm³/mol. The lowest BCUT2D eigenvalue weighted by molar-refractivity contribution is 0.204. The van der Waals surface area contributed by atoms with Crippen molar-refractivity contribution < 1.29 is 17.5 Å². The number of halogens is 2. The van der Waals surface area contributed by atoms with Crippen LogP contribution in [-0.2, 0) is 27.7 Å². The maximum absolute atomic E-state index is 12.9. The Hall–Kier alpha value is -1.76. The number of hydrogen-bond acceptors (Lipinski definition) is 4. The standard InChI is InChI=1S/C20H27FN4O3S.HI/c1-22-20(23-12-11-16-3-7-18(21)8-4-16)24-15-17-5-9-19(10-6-17)29(26,27)25-13-14-28-2;/h3-10,25H,11-15H2,1-2H3,(H2,22,23,24);1H. The van der Waals surface area contributed by atoms with Gasteiger partial charge in [0.05, 0.1) is 11.5 Å². The number of ether oxygens (including phenoxy) is 1. The molecule has 0 radical (unpaired) electrons. The van der Waals surface area contributed by atoms with Gasteiger partial charge < -0.3 is 15.4 Å². The van der Waals surface area contributed by atoms with Gasteiger partial charge in [-0.1, -0.05) is 24.3 Å². The number of nitrogens with one attached hydrogen (secondary N) is 3. The highest BCUT2D eigenvalue weighted by atomic mass is 127. The van der Waals surface area contributed by atoms with Gasteiger partial charge in [0.1, 0.15) is 5.82 Å². The summed E-state index contributed by atoms with van der Waals surface area (Å²) in [5, 5.41) is 6.37. The summed E-state index contributed by atoms with van der Waals surface area (Å²) in [5.41, 5.74) is 1.95. The Morgan fingerprint density at radius 2 is 1.63 bits per heavy atom. The molecule has 2 rings (SSSR count). The third-order valence-corrected chi connectivity index (χ3v) is 5.61. The van der Waals surface area contributed by atoms with Crippen molar-refractivity contribution in [3.8, 4) is 0 Å². The summed E-state index contributed by atoms with van der Waals surface area (Å²) in [6, 6.07) is 13.0. The zero-order chi connectivity index (χ0) is 21.1. The number of benzene rings is 2. The summed E-state index contributed by atoms with van der Waals surface area (Å²) in [6.07, 6.45) is 0.740. The summed E-state index contributed by atoms with van der Waals surface area (Å²) in [4.78, 5) is 4.37. The fraction of sp³-hybridized carbons (Fsp3) is 0.350. The normalized spacial score (nSPS) is 11.6. The quantitative estimate of drug-likeness (QED) is 0.183. The Kier molecular flexibility index (Phi) is 11.8. The molecule has 0 aliphatic carbocycles. The van der Waals surface area contributed by atoms with E-state index < -0.39 is 10.0 Å². The van der Waals surface area contributed by atoms with Crippen LogP contribution in [-0.4, -0.2) is 48.2 Å². The van der Waals surface area contributed by atoms with Crippen molar-refractivity contribution in [2.45, 2.75) is 17.9 Å². The Labute approximate surface area is 194 Å². The monoisotopic (exact) mass is 550 g/mol. The van der Waals surface area contributed by atoms with Crippen molar-refractivity contribution in [2.75, 3.05) is 33.9 Å². The van der Waals surface area contributed by atoms with Crippen molar-refractivity contribution in [2.24, 2.45) is 4.99 Å². The van der Waals surface area contributed by atoms with Gasteiger partial charge in [0.2, 0.25) is 10.0 Å². The zero-order valence-corrected chi connectivity index (χ0v) is 20.2. The van der Waals surface area contributed by atoms with Crippen LogP contribution in [0.5, 0.6) is 0 Å². The van der Waals surface area contributed by atoms with Crippen molar-refractivity contribution in [3.05, 3.63) is 65.5 Å². The van der Waals surface area contributed by atoms with Gasteiger partial charge in [0.15, 0.2) is 5.96 Å². The molecule has 7 nitrogen and oxygen atoms in total. The van der Waals surface area contributed by atoms with Crippen molar-refractivity contribution in [1.29, 1.82) is 0 Å². The molecule has 0 amide bonds. The van der Waals surface area contributed by atoms with E-state index in [9.17, 15) is 12.8 Å². The van der Waals surface area contributed by atoms with Crippen LogP contribution in [0.4, 0.5) is 4.39 Å². The maximum Gasteiger partial charge on any atom is 0.240 e. The molecule has 0 spiro atoms. The zero-order valence-electron chi connectivity index (χ0n) is 17.0. The molecule has 2 aromatic carbocycles. The van der Waals surface area contributed by atoms with Gasteiger partial charge in [-0.15, -0.1) is 24.0 Å². The minimum absolute atomic E-state index is 0. The summed E-state index contributed by atoms with van der Waals surface area (Å²) in [6.45, 7) is 1.68. The first-order chi connectivity index (χ1) is 13.9. The van der Waals surface area contributed by atoms with E-state index >= 15 is 0 Å². The van der Waals surface area contributed by atoms with Gasteiger partial charge in [-0.05, 0) is 41.8 Å². The molecule has 3 N–H and O–H groups in total. The molecular weight excluding hydrogens is 522 g/mol. The Bertz CT molecular complexity index is 891. The minimum atomic E-state index is -3.54. The molecule has 0 bridgehead atoms. The molecule has 0 unspecified atom stereocenters. The molecule has 2 aromatic rings. The second-order valence-electron chi connectivity index (χ2n) is 6.26. The fourth-order valence-electron chi connectivity index (χ4n) is 2.53. The van der Waals surface area contributed by atoms with E-state index in [-0.39, 0.29) is 41.2 Å². The lowest BCUT2D eigenvalue weighted by atomic mass is 10.1. The average Bonchev–Trinajstić information content (AvgIpc) is 2.72. The first kappa shape index (κ1) is 26.3. The van der Waals surface area contributed by atoms with Gasteiger partial charge >= 0.3 is 0 Å². The number of aliphatic imine (C=N–C) groups is 1. The van der Waals surface area contributed by atoms with E-state index in [1.54, 1.807) is 43.4 Å². The van der Waals surface area contributed by atoms with Gasteiger partial charge in [-0.25, -0.2) is 17.5 Å². The molecule has 0 aliphatic heterocycles. The van der Waals surface area contributed by atoms with Gasteiger partial charge in [-0.3, -0.25) is 4.99 Å². The Balaban J connectivity index is 0.00000450. The lowest BCUT2D eigenvalue weighted by Crippen LogP contribution is -2.37. The molecule has 0 saturated heterocycles. The SMILES string of the molecule is CN=C(NCCc1ccc(F)cc1)NCc1ccc(S(=O)(=O)NCCOC)cc1.I. The number of rotatable bonds is 10. The molecule has 0 atom stereocenters. The molecule has 30 heavy (non-hydrogen) atoms. The molecule has 10 heteroatoms. The highest BCUT2D eigenvalue weighted by Gasteiger charge is 2.12. The van der Waals surface area contributed by atoms with Crippen LogP contribution in [0.15, 0.2) is 58.4 Å². The molecule has 166 valence electrons. The van der Waals surface area contributed by atoms with Crippen LogP contribution < -0.4 is 15.4 Å². The number of guanidine groups is 1. The molecule has 0 aliphatic rings. The molecule has 0 heterocycles. The summed E-state index contributed by atoms with van der Waals surface area (Å²) < 4.78 is 44.6. The Morgan fingerprint density at radius 1 is 1.00 bits per heavy atom. The third-order valence-electron chi connectivity index (χ3n) is 4.13. The number of hydrogen-bond donors (Lipinski definition) is 3. The van der Waals surface area contributed by atoms with Crippen LogP contribution in [0.2, 0.25) is 0 Å². The molecule has 0 saturated carbocycles. The summed E-state index contributed by atoms with van der Waals surface area (Å²) >= 11 is 0.